The van der Waals surface area contributed by atoms with Gasteiger partial charge in [0.1, 0.15) is 18.2 Å². The molecule has 0 heterocycles. The lowest BCUT2D eigenvalue weighted by Crippen LogP contribution is -2.44. The van der Waals surface area contributed by atoms with Crippen molar-refractivity contribution >= 4 is 17.7 Å². The van der Waals surface area contributed by atoms with Crippen LogP contribution in [0.25, 0.3) is 0 Å². The number of nitrogens with zero attached hydrogens (tertiary/aromatic N) is 1. The number of urea groups is 1. The van der Waals surface area contributed by atoms with Crippen molar-refractivity contribution in [2.75, 3.05) is 11.9 Å². The zero-order chi connectivity index (χ0) is 15.4. The second-order valence-corrected chi connectivity index (χ2v) is 5.01. The van der Waals surface area contributed by atoms with E-state index in [0.717, 1.165) is 31.0 Å². The maximum atomic E-state index is 13.5. The van der Waals surface area contributed by atoms with Gasteiger partial charge in [0, 0.05) is 12.1 Å². The number of amides is 2. The van der Waals surface area contributed by atoms with Crippen LogP contribution >= 0.6 is 0 Å². The number of carboxylic acid groups (broad SMARTS) is 1. The van der Waals surface area contributed by atoms with Gasteiger partial charge in [0.15, 0.2) is 0 Å². The van der Waals surface area contributed by atoms with E-state index in [4.69, 9.17) is 5.11 Å². The third-order valence-electron chi connectivity index (χ3n) is 3.50. The number of aliphatic carboxylic acids is 1. The smallest absolute Gasteiger partial charge is 0.323 e. The normalized spacial score (nSPS) is 15.0. The number of rotatable bonds is 4. The molecule has 2 N–H and O–H groups in total. The Kier molecular flexibility index (Phi) is 4.72. The Morgan fingerprint density at radius 3 is 2.57 bits per heavy atom. The standard InChI is InChI=1S/C14H16F2N2O3/c15-9-5-6-11(16)12(7-9)17-14(21)18(8-13(19)20)10-3-1-2-4-10/h5-7,10H,1-4,8H2,(H,17,21)(H,19,20). The molecule has 7 heteroatoms. The Morgan fingerprint density at radius 2 is 1.95 bits per heavy atom. The van der Waals surface area contributed by atoms with Crippen molar-refractivity contribution in [3.05, 3.63) is 29.8 Å². The van der Waals surface area contributed by atoms with E-state index in [1.165, 1.54) is 4.90 Å². The van der Waals surface area contributed by atoms with Gasteiger partial charge in [-0.1, -0.05) is 12.8 Å². The van der Waals surface area contributed by atoms with Gasteiger partial charge in [-0.25, -0.2) is 13.6 Å². The van der Waals surface area contributed by atoms with Crippen molar-refractivity contribution in [2.24, 2.45) is 0 Å². The van der Waals surface area contributed by atoms with Gasteiger partial charge in [-0.2, -0.15) is 0 Å². The largest absolute Gasteiger partial charge is 0.480 e. The fourth-order valence-electron chi connectivity index (χ4n) is 2.51. The molecule has 0 spiro atoms. The number of carbonyl (C=O) groups is 2. The third kappa shape index (κ3) is 3.90. The van der Waals surface area contributed by atoms with Crippen LogP contribution < -0.4 is 5.32 Å². The molecule has 1 saturated carbocycles. The lowest BCUT2D eigenvalue weighted by Gasteiger charge is -2.27. The predicted molar refractivity (Wildman–Crippen MR) is 72.0 cm³/mol. The predicted octanol–water partition coefficient (Wildman–Crippen LogP) is 2.83. The molecule has 2 amide bonds. The van der Waals surface area contributed by atoms with Gasteiger partial charge < -0.3 is 15.3 Å². The molecular weight excluding hydrogens is 282 g/mol. The summed E-state index contributed by atoms with van der Waals surface area (Å²) in [5.74, 6) is -2.60. The molecule has 5 nitrogen and oxygen atoms in total. The van der Waals surface area contributed by atoms with Crippen LogP contribution in [0.1, 0.15) is 25.7 Å². The SMILES string of the molecule is O=C(O)CN(C(=O)Nc1cc(F)ccc1F)C1CCCC1. The van der Waals surface area contributed by atoms with E-state index < -0.39 is 30.2 Å². The number of anilines is 1. The Balaban J connectivity index is 2.13. The Bertz CT molecular complexity index is 545. The van der Waals surface area contributed by atoms with E-state index >= 15 is 0 Å². The van der Waals surface area contributed by atoms with E-state index in [0.29, 0.717) is 12.8 Å². The van der Waals surface area contributed by atoms with E-state index in [1.54, 1.807) is 0 Å². The van der Waals surface area contributed by atoms with Crippen molar-refractivity contribution in [3.63, 3.8) is 0 Å². The van der Waals surface area contributed by atoms with Gasteiger partial charge in [0.25, 0.3) is 0 Å². The molecular formula is C14H16F2N2O3. The highest BCUT2D eigenvalue weighted by Gasteiger charge is 2.28. The van der Waals surface area contributed by atoms with Crippen LogP contribution in [0.4, 0.5) is 19.3 Å². The minimum atomic E-state index is -1.14. The first-order chi connectivity index (χ1) is 9.97. The first-order valence-corrected chi connectivity index (χ1v) is 6.72. The molecule has 1 aromatic carbocycles. The molecule has 1 aliphatic carbocycles. The summed E-state index contributed by atoms with van der Waals surface area (Å²) in [6.07, 6.45) is 3.27. The van der Waals surface area contributed by atoms with E-state index in [1.807, 2.05) is 0 Å². The monoisotopic (exact) mass is 298 g/mol. The molecule has 0 atom stereocenters. The number of benzene rings is 1. The van der Waals surface area contributed by atoms with Crippen molar-refractivity contribution < 1.29 is 23.5 Å². The summed E-state index contributed by atoms with van der Waals surface area (Å²) in [6.45, 7) is -0.465. The molecule has 0 aromatic heterocycles. The maximum absolute atomic E-state index is 13.5. The topological polar surface area (TPSA) is 69.6 Å². The van der Waals surface area contributed by atoms with Crippen molar-refractivity contribution in [2.45, 2.75) is 31.7 Å². The molecule has 21 heavy (non-hydrogen) atoms. The second-order valence-electron chi connectivity index (χ2n) is 5.01. The van der Waals surface area contributed by atoms with Crippen LogP contribution in [0.5, 0.6) is 0 Å². The van der Waals surface area contributed by atoms with Crippen LogP contribution in [0.2, 0.25) is 0 Å². The van der Waals surface area contributed by atoms with Gasteiger partial charge in [-0.3, -0.25) is 4.79 Å². The third-order valence-corrected chi connectivity index (χ3v) is 3.50. The molecule has 0 saturated heterocycles. The lowest BCUT2D eigenvalue weighted by molar-refractivity contribution is -0.138. The fourth-order valence-corrected chi connectivity index (χ4v) is 2.51. The quantitative estimate of drug-likeness (QED) is 0.898. The summed E-state index contributed by atoms with van der Waals surface area (Å²) in [5.41, 5.74) is -0.298. The number of hydrogen-bond acceptors (Lipinski definition) is 2. The van der Waals surface area contributed by atoms with Gasteiger partial charge >= 0.3 is 12.0 Å². The summed E-state index contributed by atoms with van der Waals surface area (Å²) in [5, 5.41) is 11.1. The Morgan fingerprint density at radius 1 is 1.29 bits per heavy atom. The number of carbonyl (C=O) groups excluding carboxylic acids is 1. The average molecular weight is 298 g/mol. The highest BCUT2D eigenvalue weighted by molar-refractivity contribution is 5.91. The molecule has 1 aromatic rings. The van der Waals surface area contributed by atoms with Gasteiger partial charge in [-0.05, 0) is 25.0 Å². The first kappa shape index (κ1) is 15.2. The zero-order valence-electron chi connectivity index (χ0n) is 11.3. The molecule has 0 aliphatic heterocycles. The summed E-state index contributed by atoms with van der Waals surface area (Å²) in [6, 6.07) is 1.80. The molecule has 1 fully saturated rings. The summed E-state index contributed by atoms with van der Waals surface area (Å²) in [7, 11) is 0. The van der Waals surface area contributed by atoms with Crippen LogP contribution in [-0.4, -0.2) is 34.6 Å². The van der Waals surface area contributed by atoms with E-state index in [-0.39, 0.29) is 11.7 Å². The highest BCUT2D eigenvalue weighted by atomic mass is 19.1. The number of hydrogen-bond donors (Lipinski definition) is 2. The first-order valence-electron chi connectivity index (χ1n) is 6.72. The molecule has 0 radical (unpaired) electrons. The Labute approximate surface area is 120 Å². The Hall–Kier alpha value is -2.18. The van der Waals surface area contributed by atoms with Crippen molar-refractivity contribution in [1.29, 1.82) is 0 Å². The van der Waals surface area contributed by atoms with Gasteiger partial charge in [0.05, 0.1) is 5.69 Å². The maximum Gasteiger partial charge on any atom is 0.323 e. The zero-order valence-corrected chi connectivity index (χ0v) is 11.3. The average Bonchev–Trinajstić information content (AvgIpc) is 2.93. The molecule has 0 unspecified atom stereocenters. The second kappa shape index (κ2) is 6.51. The van der Waals surface area contributed by atoms with Crippen LogP contribution in [0.15, 0.2) is 18.2 Å². The number of carboxylic acids is 1. The highest BCUT2D eigenvalue weighted by Crippen LogP contribution is 2.24. The van der Waals surface area contributed by atoms with E-state index in [9.17, 15) is 18.4 Å². The van der Waals surface area contributed by atoms with Crippen molar-refractivity contribution in [1.82, 2.24) is 4.90 Å². The van der Waals surface area contributed by atoms with Crippen LogP contribution in [0.3, 0.4) is 0 Å². The van der Waals surface area contributed by atoms with Crippen LogP contribution in [-0.2, 0) is 4.79 Å². The summed E-state index contributed by atoms with van der Waals surface area (Å²) in [4.78, 5) is 24.2. The molecule has 2 rings (SSSR count). The number of halogens is 2. The summed E-state index contributed by atoms with van der Waals surface area (Å²) < 4.78 is 26.6. The molecule has 1 aliphatic rings. The lowest BCUT2D eigenvalue weighted by atomic mass is 10.2. The van der Waals surface area contributed by atoms with Gasteiger partial charge in [-0.15, -0.1) is 0 Å². The van der Waals surface area contributed by atoms with Gasteiger partial charge in [0.2, 0.25) is 0 Å². The van der Waals surface area contributed by atoms with E-state index in [2.05, 4.69) is 5.32 Å². The summed E-state index contributed by atoms with van der Waals surface area (Å²) >= 11 is 0. The van der Waals surface area contributed by atoms with Crippen LogP contribution in [0, 0.1) is 11.6 Å². The fraction of sp³-hybridized carbons (Fsp3) is 0.429. The van der Waals surface area contributed by atoms with Crippen molar-refractivity contribution in [3.8, 4) is 0 Å². The minimum absolute atomic E-state index is 0.183. The molecule has 0 bridgehead atoms. The minimum Gasteiger partial charge on any atom is -0.480 e. The molecule has 114 valence electrons. The number of nitrogens with one attached hydrogen (secondary N) is 1.